The lowest BCUT2D eigenvalue weighted by molar-refractivity contribution is -0.727. The fourth-order valence-corrected chi connectivity index (χ4v) is 16.6. The smallest absolute Gasteiger partial charge is 0.222 e. The van der Waals surface area contributed by atoms with E-state index in [-0.39, 0.29) is 4.87 Å². The van der Waals surface area contributed by atoms with Crippen LogP contribution in [0.5, 0.6) is 0 Å². The van der Waals surface area contributed by atoms with Crippen LogP contribution in [0.3, 0.4) is 0 Å². The molecule has 0 radical (unpaired) electrons. The van der Waals surface area contributed by atoms with Crippen molar-refractivity contribution in [2.24, 2.45) is 0 Å². The fraction of sp³-hybridized carbons (Fsp3) is 0.500. The molecule has 2 N–H and O–H groups in total. The van der Waals surface area contributed by atoms with Crippen molar-refractivity contribution in [3.8, 4) is 0 Å². The maximum atomic E-state index is 5.89. The molecule has 22 heavy (non-hydrogen) atoms. The molecule has 1 nitrogen and oxygen atoms in total. The molecule has 1 aliphatic carbocycles. The van der Waals surface area contributed by atoms with Gasteiger partial charge in [0.15, 0.2) is 0 Å². The average molecular weight is 425 g/mol. The molecule has 0 amide bonds. The lowest BCUT2D eigenvalue weighted by Gasteiger charge is -2.35. The van der Waals surface area contributed by atoms with Crippen molar-refractivity contribution in [2.75, 3.05) is 0 Å². The van der Waals surface area contributed by atoms with Gasteiger partial charge in [0.05, 0.1) is 6.04 Å². The van der Waals surface area contributed by atoms with Gasteiger partial charge in [0.2, 0.25) is 4.87 Å². The third-order valence-electron chi connectivity index (χ3n) is 3.98. The van der Waals surface area contributed by atoms with Crippen molar-refractivity contribution >= 4 is 77.3 Å². The highest BCUT2D eigenvalue weighted by Crippen LogP contribution is 2.61. The molecule has 1 heterocycles. The summed E-state index contributed by atoms with van der Waals surface area (Å²) >= 11 is 5.89. The zero-order valence-electron chi connectivity index (χ0n) is 11.9. The summed E-state index contributed by atoms with van der Waals surface area (Å²) in [6.07, 6.45) is 6.77. The van der Waals surface area contributed by atoms with Gasteiger partial charge in [0.25, 0.3) is 0 Å². The van der Waals surface area contributed by atoms with Crippen molar-refractivity contribution < 1.29 is 5.32 Å². The van der Waals surface area contributed by atoms with Gasteiger partial charge in [-0.25, -0.2) is 0 Å². The monoisotopic (exact) mass is 424 g/mol. The largest absolute Gasteiger partial charge is 0.321 e. The van der Waals surface area contributed by atoms with Crippen LogP contribution in [0.15, 0.2) is 30.3 Å². The highest BCUT2D eigenvalue weighted by atomic mass is 33.9. The van der Waals surface area contributed by atoms with Gasteiger partial charge in [-0.05, 0) is 86.6 Å². The van der Waals surface area contributed by atoms with Crippen LogP contribution < -0.4 is 5.32 Å². The molecule has 1 aromatic carbocycles. The van der Waals surface area contributed by atoms with E-state index < -0.39 is 0 Å². The molecule has 1 saturated heterocycles. The highest BCUT2D eigenvalue weighted by molar-refractivity contribution is 9.43. The van der Waals surface area contributed by atoms with E-state index in [2.05, 4.69) is 35.6 Å². The second kappa shape index (κ2) is 9.17. The Morgan fingerprint density at radius 2 is 1.68 bits per heavy atom. The first-order valence-corrected chi connectivity index (χ1v) is 15.2. The van der Waals surface area contributed by atoms with Crippen LogP contribution >= 0.6 is 73.1 Å². The number of quaternary nitrogens is 1. The maximum absolute atomic E-state index is 5.89. The van der Waals surface area contributed by atoms with E-state index in [1.54, 1.807) is 20.6 Å². The second-order valence-corrected chi connectivity index (χ2v) is 15.5. The number of nitrogens with two attached hydrogens (primary N) is 1. The number of thiocarbonyl (C=S) groups is 1. The van der Waals surface area contributed by atoms with Crippen molar-refractivity contribution in [1.82, 2.24) is 0 Å². The molecule has 0 bridgehead atoms. The van der Waals surface area contributed by atoms with Crippen molar-refractivity contribution in [1.29, 1.82) is 0 Å². The molecular weight excluding hydrogens is 407 g/mol. The lowest BCUT2D eigenvalue weighted by atomic mass is 9.94. The molecule has 8 heteroatoms. The zero-order valence-corrected chi connectivity index (χ0v) is 17.7. The Morgan fingerprint density at radius 3 is 2.45 bits per heavy atom. The highest BCUT2D eigenvalue weighted by Gasteiger charge is 2.45. The van der Waals surface area contributed by atoms with Crippen molar-refractivity contribution in [3.05, 3.63) is 35.9 Å². The summed E-state index contributed by atoms with van der Waals surface area (Å²) in [7, 11) is 11.0. The zero-order chi connectivity index (χ0) is 15.3. The number of hydrogen-bond acceptors (Lipinski definition) is 7. The average Bonchev–Trinajstić information content (AvgIpc) is 2.56. The Morgan fingerprint density at radius 1 is 0.955 bits per heavy atom. The standard InChI is InChI=1S/C14H17NS7/c16-13-14(11-7-3-1-4-8-11,18-20-22-21-19-17-13)15-12-9-5-2-6-10-12/h1,3-4,7-8,12,15H,2,5-6,9-10H2/p+1/t14-/m0/s1. The van der Waals surface area contributed by atoms with Gasteiger partial charge in [-0.2, -0.15) is 0 Å². The van der Waals surface area contributed by atoms with Gasteiger partial charge >= 0.3 is 0 Å². The van der Waals surface area contributed by atoms with Crippen LogP contribution in [0.4, 0.5) is 0 Å². The van der Waals surface area contributed by atoms with Crippen LogP contribution in [-0.4, -0.2) is 10.2 Å². The lowest BCUT2D eigenvalue weighted by Crippen LogP contribution is -2.99. The minimum Gasteiger partial charge on any atom is -0.321 e. The minimum atomic E-state index is -0.144. The van der Waals surface area contributed by atoms with Gasteiger partial charge in [-0.3, -0.25) is 0 Å². The third-order valence-corrected chi connectivity index (χ3v) is 16.2. The van der Waals surface area contributed by atoms with Crippen molar-refractivity contribution in [3.63, 3.8) is 0 Å². The summed E-state index contributed by atoms with van der Waals surface area (Å²) in [5.41, 5.74) is 1.34. The van der Waals surface area contributed by atoms with E-state index in [4.69, 9.17) is 12.2 Å². The predicted molar refractivity (Wildman–Crippen MR) is 115 cm³/mol. The molecule has 1 aromatic rings. The van der Waals surface area contributed by atoms with E-state index in [0.29, 0.717) is 6.04 Å². The summed E-state index contributed by atoms with van der Waals surface area (Å²) in [6.45, 7) is 0. The van der Waals surface area contributed by atoms with Gasteiger partial charge in [0.1, 0.15) is 4.20 Å². The first kappa shape index (κ1) is 18.2. The fourth-order valence-electron chi connectivity index (χ4n) is 2.91. The molecule has 3 rings (SSSR count). The summed E-state index contributed by atoms with van der Waals surface area (Å²) < 4.78 is 1.10. The van der Waals surface area contributed by atoms with Gasteiger partial charge in [0, 0.05) is 5.56 Å². The Kier molecular flexibility index (Phi) is 7.58. The summed E-state index contributed by atoms with van der Waals surface area (Å²) in [4.78, 5) is -0.144. The summed E-state index contributed by atoms with van der Waals surface area (Å²) in [5.74, 6) is 0. The Hall–Kier alpha value is 1.37. The molecular formula is C14H18NS7+. The summed E-state index contributed by atoms with van der Waals surface area (Å²) in [6, 6.07) is 11.5. The SMILES string of the molecule is S=C1SSSSSS[C@@]1([NH2+]C1CCCCC1)c1ccccc1. The number of rotatable bonds is 3. The number of benzene rings is 1. The second-order valence-electron chi connectivity index (χ2n) is 5.39. The molecule has 0 spiro atoms. The quantitative estimate of drug-likeness (QED) is 0.463. The van der Waals surface area contributed by atoms with E-state index in [0.717, 1.165) is 4.20 Å². The topological polar surface area (TPSA) is 16.6 Å². The van der Waals surface area contributed by atoms with E-state index >= 15 is 0 Å². The first-order chi connectivity index (χ1) is 10.8. The van der Waals surface area contributed by atoms with E-state index in [1.165, 1.54) is 37.7 Å². The van der Waals surface area contributed by atoms with Crippen LogP contribution in [0.1, 0.15) is 37.7 Å². The predicted octanol–water partition coefficient (Wildman–Crippen LogP) is 6.05. The molecule has 1 aliphatic heterocycles. The van der Waals surface area contributed by atoms with E-state index in [1.807, 2.05) is 40.3 Å². The number of hydrogen-bond donors (Lipinski definition) is 1. The molecule has 1 atom stereocenters. The molecule has 2 aliphatic rings. The normalized spacial score (nSPS) is 28.1. The first-order valence-electron chi connectivity index (χ1n) is 7.29. The van der Waals surface area contributed by atoms with Gasteiger partial charge in [-0.1, -0.05) is 49.0 Å². The van der Waals surface area contributed by atoms with Gasteiger partial charge < -0.3 is 5.32 Å². The van der Waals surface area contributed by atoms with Crippen LogP contribution in [-0.2, 0) is 4.87 Å². The molecule has 2 fully saturated rings. The van der Waals surface area contributed by atoms with E-state index in [9.17, 15) is 0 Å². The summed E-state index contributed by atoms with van der Waals surface area (Å²) in [5, 5.41) is 2.58. The molecule has 1 saturated carbocycles. The molecule has 120 valence electrons. The Bertz CT molecular complexity index is 491. The van der Waals surface area contributed by atoms with Crippen LogP contribution in [0.25, 0.3) is 0 Å². The molecule has 0 aromatic heterocycles. The van der Waals surface area contributed by atoms with Crippen molar-refractivity contribution in [2.45, 2.75) is 43.0 Å². The van der Waals surface area contributed by atoms with Crippen LogP contribution in [0, 0.1) is 0 Å². The maximum Gasteiger partial charge on any atom is 0.222 e. The third kappa shape index (κ3) is 4.50. The Balaban J connectivity index is 1.90. The molecule has 0 unspecified atom stereocenters. The minimum absolute atomic E-state index is 0.144. The van der Waals surface area contributed by atoms with Gasteiger partial charge in [-0.15, -0.1) is 0 Å². The van der Waals surface area contributed by atoms with Crippen LogP contribution in [0.2, 0.25) is 0 Å². The Labute approximate surface area is 160 Å².